The number of anilines is 3. The lowest BCUT2D eigenvalue weighted by Gasteiger charge is -2.11. The summed E-state index contributed by atoms with van der Waals surface area (Å²) in [4.78, 5) is 8.83. The van der Waals surface area contributed by atoms with Crippen LogP contribution in [0, 0.1) is 6.92 Å². The van der Waals surface area contributed by atoms with Crippen molar-refractivity contribution in [2.24, 2.45) is 0 Å². The van der Waals surface area contributed by atoms with Crippen LogP contribution in [0.25, 0.3) is 0 Å². The van der Waals surface area contributed by atoms with E-state index < -0.39 is 0 Å². The predicted octanol–water partition coefficient (Wildman–Crippen LogP) is 4.86. The van der Waals surface area contributed by atoms with Crippen molar-refractivity contribution >= 4 is 17.3 Å². The molecule has 3 aromatic rings. The minimum Gasteiger partial charge on any atom is -0.438 e. The second-order valence-electron chi connectivity index (χ2n) is 5.93. The van der Waals surface area contributed by atoms with E-state index in [1.165, 1.54) is 5.56 Å². The molecule has 3 rings (SSSR count). The zero-order valence-corrected chi connectivity index (χ0v) is 14.5. The van der Waals surface area contributed by atoms with Gasteiger partial charge in [-0.05, 0) is 43.2 Å². The van der Waals surface area contributed by atoms with E-state index in [1.807, 2.05) is 37.3 Å². The average Bonchev–Trinajstić information content (AvgIpc) is 2.59. The second-order valence-corrected chi connectivity index (χ2v) is 5.93. The largest absolute Gasteiger partial charge is 0.438 e. The van der Waals surface area contributed by atoms with Gasteiger partial charge in [0.05, 0.1) is 0 Å². The lowest BCUT2D eigenvalue weighted by Crippen LogP contribution is -2.01. The number of hydrogen-bond acceptors (Lipinski definition) is 5. The number of nitrogens with zero attached hydrogens (tertiary/aromatic N) is 2. The maximum atomic E-state index is 5.86. The minimum absolute atomic E-state index is 0.498. The van der Waals surface area contributed by atoms with Crippen LogP contribution in [0.2, 0.25) is 0 Å². The third-order valence-corrected chi connectivity index (χ3v) is 3.72. The van der Waals surface area contributed by atoms with Crippen molar-refractivity contribution in [2.45, 2.75) is 26.7 Å². The van der Waals surface area contributed by atoms with Crippen molar-refractivity contribution in [3.05, 3.63) is 65.9 Å². The summed E-state index contributed by atoms with van der Waals surface area (Å²) >= 11 is 0. The second kappa shape index (κ2) is 7.66. The molecule has 0 unspecified atom stereocenters. The van der Waals surface area contributed by atoms with Crippen LogP contribution in [-0.4, -0.2) is 9.97 Å². The van der Waals surface area contributed by atoms with Crippen LogP contribution >= 0.6 is 0 Å². The molecule has 0 saturated carbocycles. The van der Waals surface area contributed by atoms with Gasteiger partial charge in [-0.2, -0.15) is 4.98 Å². The first-order valence-electron chi connectivity index (χ1n) is 8.37. The van der Waals surface area contributed by atoms with Crippen LogP contribution in [0.4, 0.5) is 17.3 Å². The molecule has 5 heteroatoms. The molecule has 1 heterocycles. The number of hydrogen-bond donors (Lipinski definition) is 2. The van der Waals surface area contributed by atoms with Gasteiger partial charge in [0.2, 0.25) is 11.8 Å². The van der Waals surface area contributed by atoms with E-state index in [0.29, 0.717) is 23.3 Å². The van der Waals surface area contributed by atoms with Gasteiger partial charge < -0.3 is 15.8 Å². The topological polar surface area (TPSA) is 73.1 Å². The Labute approximate surface area is 147 Å². The van der Waals surface area contributed by atoms with E-state index in [1.54, 1.807) is 12.3 Å². The van der Waals surface area contributed by atoms with Gasteiger partial charge in [0, 0.05) is 29.2 Å². The summed E-state index contributed by atoms with van der Waals surface area (Å²) in [5.74, 6) is 1.66. The Hall–Kier alpha value is -3.08. The Morgan fingerprint density at radius 3 is 2.76 bits per heavy atom. The predicted molar refractivity (Wildman–Crippen MR) is 101 cm³/mol. The normalized spacial score (nSPS) is 10.5. The van der Waals surface area contributed by atoms with Gasteiger partial charge in [-0.15, -0.1) is 0 Å². The smallest absolute Gasteiger partial charge is 0.230 e. The Balaban J connectivity index is 1.80. The monoisotopic (exact) mass is 334 g/mol. The SMILES string of the molecule is CCCc1cccc(Nc2ncc(C)c(Oc3cccc(N)c3)n2)c1. The number of nitrogens with one attached hydrogen (secondary N) is 1. The Morgan fingerprint density at radius 1 is 1.12 bits per heavy atom. The summed E-state index contributed by atoms with van der Waals surface area (Å²) in [5.41, 5.74) is 9.55. The van der Waals surface area contributed by atoms with E-state index in [4.69, 9.17) is 10.5 Å². The van der Waals surface area contributed by atoms with Gasteiger partial charge >= 0.3 is 0 Å². The van der Waals surface area contributed by atoms with Crippen molar-refractivity contribution in [3.8, 4) is 11.6 Å². The van der Waals surface area contributed by atoms with Crippen LogP contribution in [0.15, 0.2) is 54.7 Å². The fourth-order valence-electron chi connectivity index (χ4n) is 2.50. The van der Waals surface area contributed by atoms with Crippen LogP contribution in [0.3, 0.4) is 0 Å². The molecule has 3 N–H and O–H groups in total. The number of rotatable bonds is 6. The lowest BCUT2D eigenvalue weighted by atomic mass is 10.1. The highest BCUT2D eigenvalue weighted by Gasteiger charge is 2.07. The minimum atomic E-state index is 0.498. The summed E-state index contributed by atoms with van der Waals surface area (Å²) in [6, 6.07) is 15.5. The highest BCUT2D eigenvalue weighted by molar-refractivity contribution is 5.55. The molecule has 25 heavy (non-hydrogen) atoms. The quantitative estimate of drug-likeness (QED) is 0.630. The summed E-state index contributed by atoms with van der Waals surface area (Å²) in [5, 5.41) is 3.24. The molecule has 0 aliphatic carbocycles. The third kappa shape index (κ3) is 4.47. The molecule has 0 radical (unpaired) electrons. The van der Waals surface area contributed by atoms with Crippen LogP contribution in [0.5, 0.6) is 11.6 Å². The maximum absolute atomic E-state index is 5.86. The summed E-state index contributed by atoms with van der Waals surface area (Å²) < 4.78 is 5.86. The van der Waals surface area contributed by atoms with Gasteiger partial charge in [0.15, 0.2) is 0 Å². The van der Waals surface area contributed by atoms with Gasteiger partial charge in [-0.25, -0.2) is 4.98 Å². The molecule has 0 amide bonds. The molecule has 1 aromatic heterocycles. The fourth-order valence-corrected chi connectivity index (χ4v) is 2.50. The van der Waals surface area contributed by atoms with Crippen LogP contribution in [-0.2, 0) is 6.42 Å². The maximum Gasteiger partial charge on any atom is 0.230 e. The average molecular weight is 334 g/mol. The van der Waals surface area contributed by atoms with E-state index in [2.05, 4.69) is 34.3 Å². The third-order valence-electron chi connectivity index (χ3n) is 3.72. The van der Waals surface area contributed by atoms with Crippen LogP contribution < -0.4 is 15.8 Å². The molecule has 2 aromatic carbocycles. The van der Waals surface area contributed by atoms with Gasteiger partial charge in [0.1, 0.15) is 5.75 Å². The fraction of sp³-hybridized carbons (Fsp3) is 0.200. The number of aromatic nitrogens is 2. The molecule has 0 aliphatic heterocycles. The zero-order chi connectivity index (χ0) is 17.6. The number of nitrogen functional groups attached to an aromatic ring is 1. The van der Waals surface area contributed by atoms with Gasteiger partial charge in [-0.1, -0.05) is 31.5 Å². The number of aryl methyl sites for hydroxylation is 2. The molecule has 0 aliphatic rings. The van der Waals surface area contributed by atoms with Gasteiger partial charge in [0.25, 0.3) is 0 Å². The Kier molecular flexibility index (Phi) is 5.14. The van der Waals surface area contributed by atoms with Crippen molar-refractivity contribution in [3.63, 3.8) is 0 Å². The van der Waals surface area contributed by atoms with E-state index in [9.17, 15) is 0 Å². The van der Waals surface area contributed by atoms with E-state index >= 15 is 0 Å². The first-order chi connectivity index (χ1) is 12.1. The van der Waals surface area contributed by atoms with Crippen molar-refractivity contribution < 1.29 is 4.74 Å². The first-order valence-corrected chi connectivity index (χ1v) is 8.37. The Morgan fingerprint density at radius 2 is 1.96 bits per heavy atom. The van der Waals surface area contributed by atoms with Crippen LogP contribution in [0.1, 0.15) is 24.5 Å². The summed E-state index contributed by atoms with van der Waals surface area (Å²) in [6.07, 6.45) is 3.91. The summed E-state index contributed by atoms with van der Waals surface area (Å²) in [7, 11) is 0. The molecule has 0 spiro atoms. The lowest BCUT2D eigenvalue weighted by molar-refractivity contribution is 0.458. The number of ether oxygens (including phenoxy) is 1. The molecule has 0 bridgehead atoms. The first kappa shape index (κ1) is 16.8. The van der Waals surface area contributed by atoms with Crippen molar-refractivity contribution in [1.29, 1.82) is 0 Å². The highest BCUT2D eigenvalue weighted by atomic mass is 16.5. The van der Waals surface area contributed by atoms with Crippen molar-refractivity contribution in [1.82, 2.24) is 9.97 Å². The molecular weight excluding hydrogens is 312 g/mol. The number of nitrogens with two attached hydrogens (primary N) is 1. The molecule has 0 atom stereocenters. The number of benzene rings is 2. The highest BCUT2D eigenvalue weighted by Crippen LogP contribution is 2.25. The molecular formula is C20H22N4O. The van der Waals surface area contributed by atoms with E-state index in [0.717, 1.165) is 24.1 Å². The molecule has 5 nitrogen and oxygen atoms in total. The van der Waals surface area contributed by atoms with E-state index in [-0.39, 0.29) is 0 Å². The Bertz CT molecular complexity index is 864. The van der Waals surface area contributed by atoms with Crippen molar-refractivity contribution in [2.75, 3.05) is 11.1 Å². The standard InChI is InChI=1S/C20H22N4O/c1-3-6-15-7-4-9-17(11-15)23-20-22-13-14(2)19(24-20)25-18-10-5-8-16(21)12-18/h4-5,7-13H,3,6,21H2,1-2H3,(H,22,23,24). The molecule has 0 saturated heterocycles. The zero-order valence-electron chi connectivity index (χ0n) is 14.5. The summed E-state index contributed by atoms with van der Waals surface area (Å²) in [6.45, 7) is 4.08. The molecule has 0 fully saturated rings. The molecule has 128 valence electrons. The van der Waals surface area contributed by atoms with Gasteiger partial charge in [-0.3, -0.25) is 0 Å².